The molecule has 1 aliphatic rings. The summed E-state index contributed by atoms with van der Waals surface area (Å²) in [4.78, 5) is 14.9. The van der Waals surface area contributed by atoms with E-state index in [2.05, 4.69) is 27.0 Å². The van der Waals surface area contributed by atoms with Crippen LogP contribution in [0.2, 0.25) is 0 Å². The van der Waals surface area contributed by atoms with Crippen LogP contribution in [0.15, 0.2) is 22.9 Å². The first kappa shape index (κ1) is 9.35. The number of Topliss-reactive ketones (excluding diaryl/α,β-unsaturated/α-hetero) is 1. The molecule has 70 valence electrons. The fourth-order valence-electron chi connectivity index (χ4n) is 1.64. The van der Waals surface area contributed by atoms with Crippen LogP contribution in [0.1, 0.15) is 18.4 Å². The predicted molar refractivity (Wildman–Crippen MR) is 53.5 cm³/mol. The van der Waals surface area contributed by atoms with Crippen molar-refractivity contribution in [3.63, 3.8) is 0 Å². The number of carbonyl (C=O) groups excluding carboxylic acids is 1. The second-order valence-corrected chi connectivity index (χ2v) is 4.39. The Hall–Kier alpha value is -1.21. The minimum Gasteiger partial charge on any atom is -0.300 e. The lowest BCUT2D eigenvalue weighted by Crippen LogP contribution is -2.40. The molecule has 0 radical (unpaired) electrons. The first-order valence-corrected chi connectivity index (χ1v) is 5.00. The Morgan fingerprint density at radius 2 is 2.21 bits per heavy atom. The van der Waals surface area contributed by atoms with Gasteiger partial charge in [-0.3, -0.25) is 9.78 Å². The van der Waals surface area contributed by atoms with E-state index in [1.807, 2.05) is 6.07 Å². The smallest absolute Gasteiger partial charge is 0.136 e. The van der Waals surface area contributed by atoms with Gasteiger partial charge in [0.25, 0.3) is 0 Å². The van der Waals surface area contributed by atoms with Crippen molar-refractivity contribution in [2.24, 2.45) is 0 Å². The molecule has 0 bridgehead atoms. The van der Waals surface area contributed by atoms with Gasteiger partial charge in [0.05, 0.1) is 11.5 Å². The van der Waals surface area contributed by atoms with Gasteiger partial charge in [-0.2, -0.15) is 5.26 Å². The molecule has 1 fully saturated rings. The summed E-state index contributed by atoms with van der Waals surface area (Å²) in [5.74, 6) is 0.145. The summed E-state index contributed by atoms with van der Waals surface area (Å²) in [6.07, 6.45) is 3.96. The van der Waals surface area contributed by atoms with Crippen LogP contribution in [0.5, 0.6) is 0 Å². The SMILES string of the molecule is N#CC1(c2cncc(Br)c2)CC(=O)C1. The van der Waals surface area contributed by atoms with Gasteiger partial charge < -0.3 is 0 Å². The Bertz CT molecular complexity index is 428. The van der Waals surface area contributed by atoms with Crippen molar-refractivity contribution >= 4 is 21.7 Å². The van der Waals surface area contributed by atoms with Crippen molar-refractivity contribution < 1.29 is 4.79 Å². The molecule has 2 rings (SSSR count). The molecule has 0 aliphatic heterocycles. The number of ketones is 1. The summed E-state index contributed by atoms with van der Waals surface area (Å²) in [7, 11) is 0. The van der Waals surface area contributed by atoms with Crippen LogP contribution in [-0.4, -0.2) is 10.8 Å². The van der Waals surface area contributed by atoms with Gasteiger partial charge in [-0.15, -0.1) is 0 Å². The third kappa shape index (κ3) is 1.34. The molecule has 0 unspecified atom stereocenters. The molecule has 0 aromatic carbocycles. The first-order valence-electron chi connectivity index (χ1n) is 4.20. The second kappa shape index (κ2) is 3.18. The number of nitrogens with zero attached hydrogens (tertiary/aromatic N) is 2. The third-order valence-corrected chi connectivity index (χ3v) is 2.90. The van der Waals surface area contributed by atoms with E-state index in [-0.39, 0.29) is 5.78 Å². The lowest BCUT2D eigenvalue weighted by Gasteiger charge is -2.33. The zero-order valence-electron chi connectivity index (χ0n) is 7.33. The highest BCUT2D eigenvalue weighted by molar-refractivity contribution is 9.10. The summed E-state index contributed by atoms with van der Waals surface area (Å²) in [5.41, 5.74) is 0.211. The lowest BCUT2D eigenvalue weighted by atomic mass is 9.65. The molecule has 4 heteroatoms. The quantitative estimate of drug-likeness (QED) is 0.766. The van der Waals surface area contributed by atoms with E-state index in [1.165, 1.54) is 0 Å². The van der Waals surface area contributed by atoms with Crippen molar-refractivity contribution in [2.45, 2.75) is 18.3 Å². The van der Waals surface area contributed by atoms with Crippen molar-refractivity contribution in [1.29, 1.82) is 5.26 Å². The number of pyridine rings is 1. The third-order valence-electron chi connectivity index (χ3n) is 2.47. The summed E-state index contributed by atoms with van der Waals surface area (Å²) in [5, 5.41) is 9.05. The van der Waals surface area contributed by atoms with E-state index in [0.29, 0.717) is 12.8 Å². The molecular weight excluding hydrogens is 244 g/mol. The maximum atomic E-state index is 10.9. The Balaban J connectivity index is 2.39. The molecule has 0 amide bonds. The number of nitriles is 1. The van der Waals surface area contributed by atoms with Crippen molar-refractivity contribution in [3.8, 4) is 6.07 Å². The minimum absolute atomic E-state index is 0.145. The molecule has 0 atom stereocenters. The molecule has 1 aromatic heterocycles. The monoisotopic (exact) mass is 250 g/mol. The van der Waals surface area contributed by atoms with Gasteiger partial charge in [0.1, 0.15) is 5.78 Å². The Morgan fingerprint density at radius 1 is 1.50 bits per heavy atom. The molecule has 1 heterocycles. The molecule has 0 saturated heterocycles. The normalized spacial score (nSPS) is 18.4. The van der Waals surface area contributed by atoms with E-state index >= 15 is 0 Å². The van der Waals surface area contributed by atoms with Crippen molar-refractivity contribution in [2.75, 3.05) is 0 Å². The maximum Gasteiger partial charge on any atom is 0.136 e. The van der Waals surface area contributed by atoms with Gasteiger partial charge >= 0.3 is 0 Å². The maximum absolute atomic E-state index is 10.9. The summed E-state index contributed by atoms with van der Waals surface area (Å²) in [6.45, 7) is 0. The molecule has 1 aromatic rings. The average molecular weight is 251 g/mol. The van der Waals surface area contributed by atoms with Crippen LogP contribution in [-0.2, 0) is 10.2 Å². The summed E-state index contributed by atoms with van der Waals surface area (Å²) < 4.78 is 0.837. The zero-order valence-corrected chi connectivity index (χ0v) is 8.91. The van der Waals surface area contributed by atoms with Crippen LogP contribution in [0.4, 0.5) is 0 Å². The van der Waals surface area contributed by atoms with Crippen LogP contribution < -0.4 is 0 Å². The van der Waals surface area contributed by atoms with Gasteiger partial charge in [0, 0.05) is 29.7 Å². The first-order chi connectivity index (χ1) is 6.66. The van der Waals surface area contributed by atoms with Gasteiger partial charge in [-0.25, -0.2) is 0 Å². The minimum atomic E-state index is -0.617. The van der Waals surface area contributed by atoms with Crippen LogP contribution in [0.25, 0.3) is 0 Å². The highest BCUT2D eigenvalue weighted by Gasteiger charge is 2.45. The average Bonchev–Trinajstić information content (AvgIpc) is 2.12. The summed E-state index contributed by atoms with van der Waals surface area (Å²) >= 11 is 3.30. The van der Waals surface area contributed by atoms with Gasteiger partial charge in [0.2, 0.25) is 0 Å². The van der Waals surface area contributed by atoms with Crippen molar-refractivity contribution in [3.05, 3.63) is 28.5 Å². The molecule has 3 nitrogen and oxygen atoms in total. The van der Waals surface area contributed by atoms with E-state index in [4.69, 9.17) is 5.26 Å². The number of rotatable bonds is 1. The molecule has 1 aliphatic carbocycles. The van der Waals surface area contributed by atoms with Crippen LogP contribution in [0.3, 0.4) is 0 Å². The van der Waals surface area contributed by atoms with Gasteiger partial charge in [0.15, 0.2) is 0 Å². The van der Waals surface area contributed by atoms with E-state index in [1.54, 1.807) is 12.4 Å². The Morgan fingerprint density at radius 3 is 2.71 bits per heavy atom. The topological polar surface area (TPSA) is 53.8 Å². The Labute approximate surface area is 89.9 Å². The van der Waals surface area contributed by atoms with E-state index in [0.717, 1.165) is 10.0 Å². The Kier molecular flexibility index (Phi) is 2.12. The molecule has 14 heavy (non-hydrogen) atoms. The highest BCUT2D eigenvalue weighted by atomic mass is 79.9. The number of carbonyl (C=O) groups is 1. The van der Waals surface area contributed by atoms with E-state index in [9.17, 15) is 4.79 Å². The largest absolute Gasteiger partial charge is 0.300 e. The van der Waals surface area contributed by atoms with Crippen LogP contribution >= 0.6 is 15.9 Å². The number of hydrogen-bond acceptors (Lipinski definition) is 3. The molecule has 0 N–H and O–H groups in total. The molecule has 0 spiro atoms. The van der Waals surface area contributed by atoms with Crippen molar-refractivity contribution in [1.82, 2.24) is 4.98 Å². The van der Waals surface area contributed by atoms with Gasteiger partial charge in [-0.05, 0) is 27.6 Å². The molecule has 1 saturated carbocycles. The number of hydrogen-bond donors (Lipinski definition) is 0. The molecular formula is C10H7BrN2O. The van der Waals surface area contributed by atoms with Crippen LogP contribution in [0, 0.1) is 11.3 Å². The zero-order chi connectivity index (χ0) is 10.2. The summed E-state index contributed by atoms with van der Waals surface area (Å²) in [6, 6.07) is 4.06. The highest BCUT2D eigenvalue weighted by Crippen LogP contribution is 2.40. The standard InChI is InChI=1S/C10H7BrN2O/c11-8-1-7(4-13-5-8)10(6-12)2-9(14)3-10/h1,4-5H,2-3H2. The number of aromatic nitrogens is 1. The van der Waals surface area contributed by atoms with E-state index < -0.39 is 5.41 Å². The number of halogens is 1. The second-order valence-electron chi connectivity index (χ2n) is 3.48. The predicted octanol–water partition coefficient (Wildman–Crippen LogP) is 1.97. The lowest BCUT2D eigenvalue weighted by molar-refractivity contribution is -0.126. The van der Waals surface area contributed by atoms with Gasteiger partial charge in [-0.1, -0.05) is 0 Å². The fraction of sp³-hybridized carbons (Fsp3) is 0.300. The fourth-order valence-corrected chi connectivity index (χ4v) is 2.01.